The largest absolute Gasteiger partial charge is 0.394 e. The van der Waals surface area contributed by atoms with Crippen molar-refractivity contribution < 1.29 is 13.5 Å². The maximum atomic E-state index is 12.4. The highest BCUT2D eigenvalue weighted by molar-refractivity contribution is 7.89. The molecule has 0 atom stereocenters. The van der Waals surface area contributed by atoms with Gasteiger partial charge in [-0.2, -0.15) is 5.10 Å². The summed E-state index contributed by atoms with van der Waals surface area (Å²) in [5.41, 5.74) is 1.63. The van der Waals surface area contributed by atoms with Crippen molar-refractivity contribution in [2.75, 3.05) is 6.61 Å². The molecule has 0 saturated carbocycles. The first-order chi connectivity index (χ1) is 9.85. The lowest BCUT2D eigenvalue weighted by molar-refractivity contribution is 0.267. The monoisotopic (exact) mass is 330 g/mol. The van der Waals surface area contributed by atoms with Crippen LogP contribution < -0.4 is 4.72 Å². The smallest absolute Gasteiger partial charge is 0.244 e. The van der Waals surface area contributed by atoms with Crippen LogP contribution in [0.5, 0.6) is 0 Å². The number of aliphatic hydroxyl groups is 1. The predicted molar refractivity (Wildman–Crippen MR) is 79.7 cm³/mol. The zero-order valence-corrected chi connectivity index (χ0v) is 13.8. The molecule has 2 N–H and O–H groups in total. The molecule has 0 fully saturated rings. The summed E-state index contributed by atoms with van der Waals surface area (Å²) in [5.74, 6) is 0. The SMILES string of the molecule is Cc1nc(CNS(=O)(=O)c2c(C)nn(CCO)c2C)cs1. The molecule has 0 amide bonds. The molecule has 0 unspecified atom stereocenters. The molecule has 9 heteroatoms. The second-order valence-electron chi connectivity index (χ2n) is 4.63. The quantitative estimate of drug-likeness (QED) is 0.814. The van der Waals surface area contributed by atoms with Crippen LogP contribution in [0.2, 0.25) is 0 Å². The van der Waals surface area contributed by atoms with Crippen molar-refractivity contribution in [2.45, 2.75) is 38.8 Å². The lowest BCUT2D eigenvalue weighted by Gasteiger charge is -2.06. The van der Waals surface area contributed by atoms with Crippen LogP contribution in [0.1, 0.15) is 22.1 Å². The van der Waals surface area contributed by atoms with Crippen LogP contribution in [0.15, 0.2) is 10.3 Å². The molecule has 0 aliphatic heterocycles. The van der Waals surface area contributed by atoms with Crippen LogP contribution in [0.25, 0.3) is 0 Å². The highest BCUT2D eigenvalue weighted by Gasteiger charge is 2.24. The van der Waals surface area contributed by atoms with Crippen LogP contribution in [-0.2, 0) is 23.1 Å². The Morgan fingerprint density at radius 1 is 1.38 bits per heavy atom. The van der Waals surface area contributed by atoms with E-state index in [-0.39, 0.29) is 24.6 Å². The van der Waals surface area contributed by atoms with Crippen LogP contribution in [0, 0.1) is 20.8 Å². The van der Waals surface area contributed by atoms with Gasteiger partial charge in [0.15, 0.2) is 0 Å². The minimum absolute atomic E-state index is 0.0903. The van der Waals surface area contributed by atoms with Gasteiger partial charge in [0.05, 0.1) is 41.8 Å². The van der Waals surface area contributed by atoms with Crippen molar-refractivity contribution in [1.82, 2.24) is 19.5 Å². The number of nitrogens with zero attached hydrogens (tertiary/aromatic N) is 3. The molecule has 0 aliphatic carbocycles. The summed E-state index contributed by atoms with van der Waals surface area (Å²) in [5, 5.41) is 15.8. The van der Waals surface area contributed by atoms with Crippen LogP contribution in [-0.4, -0.2) is 34.9 Å². The highest BCUT2D eigenvalue weighted by Crippen LogP contribution is 2.19. The van der Waals surface area contributed by atoms with Crippen LogP contribution in [0.3, 0.4) is 0 Å². The van der Waals surface area contributed by atoms with E-state index >= 15 is 0 Å². The Morgan fingerprint density at radius 3 is 2.67 bits per heavy atom. The summed E-state index contributed by atoms with van der Waals surface area (Å²) in [6.07, 6.45) is 0. The lowest BCUT2D eigenvalue weighted by Crippen LogP contribution is -2.24. The number of hydrogen-bond acceptors (Lipinski definition) is 6. The number of hydrogen-bond donors (Lipinski definition) is 2. The maximum absolute atomic E-state index is 12.4. The normalized spacial score (nSPS) is 12.0. The van der Waals surface area contributed by atoms with Gasteiger partial charge in [-0.1, -0.05) is 0 Å². The van der Waals surface area contributed by atoms with Crippen molar-refractivity contribution in [3.8, 4) is 0 Å². The van der Waals surface area contributed by atoms with E-state index in [0.717, 1.165) is 5.01 Å². The molecule has 0 bridgehead atoms. The van der Waals surface area contributed by atoms with Crippen molar-refractivity contribution >= 4 is 21.4 Å². The van der Waals surface area contributed by atoms with E-state index in [1.54, 1.807) is 13.8 Å². The van der Waals surface area contributed by atoms with Crippen molar-refractivity contribution in [2.24, 2.45) is 0 Å². The molecule has 2 aromatic heterocycles. The number of rotatable bonds is 6. The van der Waals surface area contributed by atoms with Crippen LogP contribution >= 0.6 is 11.3 Å². The highest BCUT2D eigenvalue weighted by atomic mass is 32.2. The molecule has 0 saturated heterocycles. The molecule has 7 nitrogen and oxygen atoms in total. The zero-order valence-electron chi connectivity index (χ0n) is 12.1. The fraction of sp³-hybridized carbons (Fsp3) is 0.500. The Bertz CT molecular complexity index is 734. The summed E-state index contributed by atoms with van der Waals surface area (Å²) < 4.78 is 28.9. The standard InChI is InChI=1S/C12H18N4O3S2/c1-8-12(9(2)16(15-8)4-5-17)21(18,19)13-6-11-7-20-10(3)14-11/h7,13,17H,4-6H2,1-3H3. The first-order valence-corrected chi connectivity index (χ1v) is 8.77. The third-order valence-corrected chi connectivity index (χ3v) is 5.48. The third-order valence-electron chi connectivity index (χ3n) is 3.01. The summed E-state index contributed by atoms with van der Waals surface area (Å²) in [4.78, 5) is 4.39. The van der Waals surface area contributed by atoms with E-state index in [0.29, 0.717) is 17.1 Å². The molecule has 2 aromatic rings. The van der Waals surface area contributed by atoms with Crippen molar-refractivity contribution in [1.29, 1.82) is 0 Å². The van der Waals surface area contributed by atoms with Gasteiger partial charge in [-0.3, -0.25) is 4.68 Å². The van der Waals surface area contributed by atoms with Gasteiger partial charge in [-0.25, -0.2) is 18.1 Å². The second kappa shape index (κ2) is 6.22. The molecule has 21 heavy (non-hydrogen) atoms. The van der Waals surface area contributed by atoms with Gasteiger partial charge in [0, 0.05) is 5.38 Å². The zero-order chi connectivity index (χ0) is 15.6. The summed E-state index contributed by atoms with van der Waals surface area (Å²) in [7, 11) is -3.66. The fourth-order valence-electron chi connectivity index (χ4n) is 2.11. The number of thiazole rings is 1. The Morgan fingerprint density at radius 2 is 2.10 bits per heavy atom. The minimum atomic E-state index is -3.66. The Balaban J connectivity index is 2.23. The van der Waals surface area contributed by atoms with E-state index < -0.39 is 10.0 Å². The first-order valence-electron chi connectivity index (χ1n) is 6.40. The molecular formula is C12H18N4O3S2. The summed E-state index contributed by atoms with van der Waals surface area (Å²) in [6.45, 7) is 5.52. The van der Waals surface area contributed by atoms with Crippen molar-refractivity contribution in [3.63, 3.8) is 0 Å². The topological polar surface area (TPSA) is 97.1 Å². The van der Waals surface area contributed by atoms with Gasteiger partial charge in [-0.15, -0.1) is 11.3 Å². The molecule has 2 rings (SSSR count). The molecule has 116 valence electrons. The number of nitrogens with one attached hydrogen (secondary N) is 1. The van der Waals surface area contributed by atoms with Gasteiger partial charge in [0.25, 0.3) is 0 Å². The average molecular weight is 330 g/mol. The number of sulfonamides is 1. The van der Waals surface area contributed by atoms with Gasteiger partial charge in [0.2, 0.25) is 10.0 Å². The van der Waals surface area contributed by atoms with Crippen LogP contribution in [0.4, 0.5) is 0 Å². The molecule has 0 aromatic carbocycles. The number of aromatic nitrogens is 3. The lowest BCUT2D eigenvalue weighted by atomic mass is 10.4. The number of aryl methyl sites for hydroxylation is 2. The maximum Gasteiger partial charge on any atom is 0.244 e. The molecule has 0 radical (unpaired) electrons. The summed E-state index contributed by atoms with van der Waals surface area (Å²) in [6, 6.07) is 0. The molecule has 2 heterocycles. The molecular weight excluding hydrogens is 312 g/mol. The van der Waals surface area contributed by atoms with Crippen molar-refractivity contribution in [3.05, 3.63) is 27.5 Å². The Hall–Kier alpha value is -1.29. The minimum Gasteiger partial charge on any atom is -0.394 e. The third kappa shape index (κ3) is 3.49. The fourth-order valence-corrected chi connectivity index (χ4v) is 4.13. The Kier molecular flexibility index (Phi) is 4.77. The summed E-state index contributed by atoms with van der Waals surface area (Å²) >= 11 is 1.48. The molecule has 0 aliphatic rings. The molecule has 0 spiro atoms. The second-order valence-corrected chi connectivity index (χ2v) is 7.40. The van der Waals surface area contributed by atoms with E-state index in [1.807, 2.05) is 12.3 Å². The first kappa shape index (κ1) is 16.1. The average Bonchev–Trinajstić information content (AvgIpc) is 2.93. The Labute approximate surface area is 127 Å². The number of aliphatic hydroxyl groups excluding tert-OH is 1. The van der Waals surface area contributed by atoms with E-state index in [9.17, 15) is 8.42 Å². The van der Waals surface area contributed by atoms with E-state index in [2.05, 4.69) is 14.8 Å². The van der Waals surface area contributed by atoms with Gasteiger partial charge < -0.3 is 5.11 Å². The van der Waals surface area contributed by atoms with Gasteiger partial charge in [0.1, 0.15) is 4.90 Å². The van der Waals surface area contributed by atoms with Gasteiger partial charge in [-0.05, 0) is 20.8 Å². The van der Waals surface area contributed by atoms with E-state index in [1.165, 1.54) is 16.0 Å². The predicted octanol–water partition coefficient (Wildman–Crippen LogP) is 0.736. The van der Waals surface area contributed by atoms with E-state index in [4.69, 9.17) is 5.11 Å². The van der Waals surface area contributed by atoms with Gasteiger partial charge >= 0.3 is 0 Å².